The predicted molar refractivity (Wildman–Crippen MR) is 86.0 cm³/mol. The van der Waals surface area contributed by atoms with Crippen LogP contribution in [0, 0.1) is 10.1 Å². The Morgan fingerprint density at radius 3 is 2.72 bits per heavy atom. The number of nitrogens with one attached hydrogen (secondary N) is 1. The third-order valence-corrected chi connectivity index (χ3v) is 4.10. The third kappa shape index (κ3) is 3.74. The molecule has 25 heavy (non-hydrogen) atoms. The molecule has 3 aromatic rings. The van der Waals surface area contributed by atoms with Gasteiger partial charge in [0, 0.05) is 36.5 Å². The number of hydrogen-bond acceptors (Lipinski definition) is 9. The van der Waals surface area contributed by atoms with Crippen molar-refractivity contribution in [2.45, 2.75) is 10.1 Å². The highest BCUT2D eigenvalue weighted by Crippen LogP contribution is 2.31. The lowest BCUT2D eigenvalue weighted by Crippen LogP contribution is -2.15. The van der Waals surface area contributed by atoms with Gasteiger partial charge in [-0.15, -0.1) is 5.10 Å². The van der Waals surface area contributed by atoms with Gasteiger partial charge < -0.3 is 0 Å². The van der Waals surface area contributed by atoms with E-state index in [1.807, 2.05) is 0 Å². The van der Waals surface area contributed by atoms with Crippen molar-refractivity contribution in [1.82, 2.24) is 30.2 Å². The van der Waals surface area contributed by atoms with E-state index in [4.69, 9.17) is 0 Å². The number of amides is 1. The maximum absolute atomic E-state index is 12.5. The van der Waals surface area contributed by atoms with Crippen LogP contribution in [-0.4, -0.2) is 41.0 Å². The second-order valence-electron chi connectivity index (χ2n) is 4.65. The number of non-ortho nitro benzene ring substituents is 1. The fourth-order valence-corrected chi connectivity index (χ4v) is 2.68. The second kappa shape index (κ2) is 7.00. The van der Waals surface area contributed by atoms with E-state index in [9.17, 15) is 14.9 Å². The van der Waals surface area contributed by atoms with Crippen LogP contribution in [0.4, 0.5) is 11.6 Å². The van der Waals surface area contributed by atoms with Gasteiger partial charge in [0.05, 0.1) is 10.5 Å². The van der Waals surface area contributed by atoms with Crippen LogP contribution in [0.15, 0.2) is 46.7 Å². The second-order valence-corrected chi connectivity index (χ2v) is 5.66. The number of tetrazole rings is 1. The molecule has 0 saturated carbocycles. The van der Waals surface area contributed by atoms with E-state index in [0.29, 0.717) is 10.1 Å². The number of rotatable bonds is 5. The molecule has 0 spiro atoms. The molecular formula is C13H10N8O3S. The van der Waals surface area contributed by atoms with Crippen molar-refractivity contribution in [1.29, 1.82) is 0 Å². The Labute approximate surface area is 144 Å². The summed E-state index contributed by atoms with van der Waals surface area (Å²) in [6.07, 6.45) is 2.94. The summed E-state index contributed by atoms with van der Waals surface area (Å²) in [5, 5.41) is 25.0. The van der Waals surface area contributed by atoms with Gasteiger partial charge in [-0.2, -0.15) is 0 Å². The Balaban J connectivity index is 1.96. The van der Waals surface area contributed by atoms with E-state index < -0.39 is 10.8 Å². The van der Waals surface area contributed by atoms with E-state index in [-0.39, 0.29) is 17.2 Å². The van der Waals surface area contributed by atoms with Gasteiger partial charge in [0.25, 0.3) is 11.6 Å². The molecule has 2 aromatic heterocycles. The lowest BCUT2D eigenvalue weighted by Gasteiger charge is -2.08. The van der Waals surface area contributed by atoms with E-state index in [1.54, 1.807) is 13.1 Å². The first-order chi connectivity index (χ1) is 12.0. The minimum absolute atomic E-state index is 0.0923. The molecule has 1 amide bonds. The van der Waals surface area contributed by atoms with Gasteiger partial charge in [0.1, 0.15) is 0 Å². The maximum Gasteiger partial charge on any atom is 0.270 e. The number of nitro groups is 1. The standard InChI is InChI=1S/C13H10N8O3S/c1-20-13(17-18-19-20)25-10-4-3-8(21(23)24)7-9(10)11(22)16-12-14-5-2-6-15-12/h2-7H,1H3,(H,14,15,16,22). The van der Waals surface area contributed by atoms with Crippen LogP contribution in [0.1, 0.15) is 10.4 Å². The Morgan fingerprint density at radius 2 is 2.08 bits per heavy atom. The van der Waals surface area contributed by atoms with Gasteiger partial charge in [-0.25, -0.2) is 14.6 Å². The predicted octanol–water partition coefficient (Wildman–Crippen LogP) is 1.31. The molecule has 0 saturated heterocycles. The fourth-order valence-electron chi connectivity index (χ4n) is 1.84. The highest BCUT2D eigenvalue weighted by Gasteiger charge is 2.20. The number of aryl methyl sites for hydroxylation is 1. The molecule has 12 heteroatoms. The number of anilines is 1. The summed E-state index contributed by atoms with van der Waals surface area (Å²) < 4.78 is 1.42. The quantitative estimate of drug-likeness (QED) is 0.527. The van der Waals surface area contributed by atoms with Gasteiger partial charge in [0.15, 0.2) is 0 Å². The van der Waals surface area contributed by atoms with Crippen LogP contribution in [0.5, 0.6) is 0 Å². The number of benzene rings is 1. The van der Waals surface area contributed by atoms with Gasteiger partial charge in [-0.05, 0) is 34.3 Å². The monoisotopic (exact) mass is 358 g/mol. The van der Waals surface area contributed by atoms with Crippen LogP contribution in [-0.2, 0) is 7.05 Å². The van der Waals surface area contributed by atoms with Crippen molar-refractivity contribution < 1.29 is 9.72 Å². The fraction of sp³-hybridized carbons (Fsp3) is 0.0769. The Kier molecular flexibility index (Phi) is 4.61. The largest absolute Gasteiger partial charge is 0.290 e. The molecule has 0 aliphatic carbocycles. The SMILES string of the molecule is Cn1nnnc1Sc1ccc([N+](=O)[O-])cc1C(=O)Nc1ncccn1. The van der Waals surface area contributed by atoms with E-state index in [2.05, 4.69) is 30.8 Å². The highest BCUT2D eigenvalue weighted by atomic mass is 32.2. The average molecular weight is 358 g/mol. The lowest BCUT2D eigenvalue weighted by atomic mass is 10.2. The van der Waals surface area contributed by atoms with E-state index in [0.717, 1.165) is 11.8 Å². The number of hydrogen-bond donors (Lipinski definition) is 1. The normalized spacial score (nSPS) is 10.4. The first-order valence-electron chi connectivity index (χ1n) is 6.81. The molecule has 0 bridgehead atoms. The third-order valence-electron chi connectivity index (χ3n) is 2.99. The van der Waals surface area contributed by atoms with E-state index in [1.165, 1.54) is 35.3 Å². The van der Waals surface area contributed by atoms with E-state index >= 15 is 0 Å². The van der Waals surface area contributed by atoms with Gasteiger partial charge in [-0.1, -0.05) is 0 Å². The zero-order chi connectivity index (χ0) is 17.8. The first kappa shape index (κ1) is 16.4. The molecule has 1 N–H and O–H groups in total. The van der Waals surface area contributed by atoms with Crippen LogP contribution < -0.4 is 5.32 Å². The van der Waals surface area contributed by atoms with Crippen molar-refractivity contribution in [3.05, 3.63) is 52.3 Å². The Bertz CT molecular complexity index is 930. The lowest BCUT2D eigenvalue weighted by molar-refractivity contribution is -0.384. The zero-order valence-electron chi connectivity index (χ0n) is 12.7. The molecule has 2 heterocycles. The van der Waals surface area contributed by atoms with Crippen molar-refractivity contribution in [3.63, 3.8) is 0 Å². The molecule has 0 fully saturated rings. The molecule has 0 aliphatic rings. The molecular weight excluding hydrogens is 348 g/mol. The van der Waals surface area contributed by atoms with Crippen LogP contribution >= 0.6 is 11.8 Å². The number of nitrogens with zero attached hydrogens (tertiary/aromatic N) is 7. The van der Waals surface area contributed by atoms with Crippen LogP contribution in [0.2, 0.25) is 0 Å². The topological polar surface area (TPSA) is 142 Å². The Hall–Kier alpha value is -3.41. The molecule has 126 valence electrons. The molecule has 1 aromatic carbocycles. The number of carbonyl (C=O) groups excluding carboxylic acids is 1. The minimum atomic E-state index is -0.576. The molecule has 0 radical (unpaired) electrons. The Morgan fingerprint density at radius 1 is 1.32 bits per heavy atom. The van der Waals surface area contributed by atoms with Crippen LogP contribution in [0.3, 0.4) is 0 Å². The van der Waals surface area contributed by atoms with Crippen molar-refractivity contribution in [2.24, 2.45) is 7.05 Å². The summed E-state index contributed by atoms with van der Waals surface area (Å²) in [6, 6.07) is 5.57. The summed E-state index contributed by atoms with van der Waals surface area (Å²) in [5.74, 6) is -0.484. The molecule has 3 rings (SSSR count). The molecule has 0 atom stereocenters. The van der Waals surface area contributed by atoms with Crippen molar-refractivity contribution in [3.8, 4) is 0 Å². The summed E-state index contributed by atoms with van der Waals surface area (Å²) in [4.78, 5) is 31.2. The minimum Gasteiger partial charge on any atom is -0.290 e. The maximum atomic E-state index is 12.5. The smallest absolute Gasteiger partial charge is 0.270 e. The molecule has 0 aliphatic heterocycles. The van der Waals surface area contributed by atoms with Gasteiger partial charge >= 0.3 is 0 Å². The summed E-state index contributed by atoms with van der Waals surface area (Å²) >= 11 is 1.11. The molecule has 0 unspecified atom stereocenters. The summed E-state index contributed by atoms with van der Waals surface area (Å²) in [5.41, 5.74) is -0.116. The van der Waals surface area contributed by atoms with Gasteiger partial charge in [0.2, 0.25) is 11.1 Å². The summed E-state index contributed by atoms with van der Waals surface area (Å²) in [7, 11) is 1.64. The van der Waals surface area contributed by atoms with Crippen molar-refractivity contribution >= 4 is 29.3 Å². The number of nitro benzene ring substituents is 1. The highest BCUT2D eigenvalue weighted by molar-refractivity contribution is 7.99. The average Bonchev–Trinajstić information content (AvgIpc) is 3.00. The number of carbonyl (C=O) groups is 1. The van der Waals surface area contributed by atoms with Crippen LogP contribution in [0.25, 0.3) is 0 Å². The van der Waals surface area contributed by atoms with Crippen molar-refractivity contribution in [2.75, 3.05) is 5.32 Å². The van der Waals surface area contributed by atoms with Gasteiger partial charge in [-0.3, -0.25) is 20.2 Å². The molecule has 11 nitrogen and oxygen atoms in total. The first-order valence-corrected chi connectivity index (χ1v) is 7.63. The summed E-state index contributed by atoms with van der Waals surface area (Å²) in [6.45, 7) is 0. The number of aromatic nitrogens is 6. The zero-order valence-corrected chi connectivity index (χ0v) is 13.5.